The number of carbonyl (C=O) groups excluding carboxylic acids is 1. The maximum Gasteiger partial charge on any atom is 0.241 e. The second kappa shape index (κ2) is 10.8. The molecule has 1 aromatic carbocycles. The second-order valence-electron chi connectivity index (χ2n) is 5.58. The Bertz CT molecular complexity index is 434. The van der Waals surface area contributed by atoms with Gasteiger partial charge in [0.1, 0.15) is 6.04 Å². The molecule has 0 aliphatic carbocycles. The zero-order valence-corrected chi connectivity index (χ0v) is 14.7. The fourth-order valence-corrected chi connectivity index (χ4v) is 2.56. The first kappa shape index (κ1) is 21.2. The number of hydrogen-bond acceptors (Lipinski definition) is 3. The zero-order chi connectivity index (χ0) is 14.4. The Morgan fingerprint density at radius 2 is 1.77 bits per heavy atom. The normalized spacial score (nSPS) is 16.1. The molecular weight excluding hydrogens is 321 g/mol. The SMILES string of the molecule is Cc1ccc(C(N)C(=O)NCCN2CCCCC2)cc1.Cl.Cl. The van der Waals surface area contributed by atoms with Crippen LogP contribution in [0, 0.1) is 6.92 Å². The summed E-state index contributed by atoms with van der Waals surface area (Å²) in [7, 11) is 0. The van der Waals surface area contributed by atoms with Crippen LogP contribution in [0.25, 0.3) is 0 Å². The molecule has 0 saturated carbocycles. The standard InChI is InChI=1S/C16H25N3O.2ClH/c1-13-5-7-14(8-6-13)15(17)16(20)18-9-12-19-10-3-2-4-11-19;;/h5-8,15H,2-4,9-12,17H2,1H3,(H,18,20);2*1H. The molecule has 3 N–H and O–H groups in total. The van der Waals surface area contributed by atoms with Crippen molar-refractivity contribution in [1.29, 1.82) is 0 Å². The minimum absolute atomic E-state index is 0. The second-order valence-corrected chi connectivity index (χ2v) is 5.58. The van der Waals surface area contributed by atoms with Gasteiger partial charge in [-0.25, -0.2) is 0 Å². The zero-order valence-electron chi connectivity index (χ0n) is 13.1. The number of likely N-dealkylation sites (tertiary alicyclic amines) is 1. The van der Waals surface area contributed by atoms with Gasteiger partial charge in [-0.15, -0.1) is 24.8 Å². The monoisotopic (exact) mass is 347 g/mol. The van der Waals surface area contributed by atoms with Gasteiger partial charge in [-0.3, -0.25) is 4.79 Å². The van der Waals surface area contributed by atoms with E-state index in [0.717, 1.165) is 25.2 Å². The van der Waals surface area contributed by atoms with Gasteiger partial charge < -0.3 is 16.0 Å². The lowest BCUT2D eigenvalue weighted by Gasteiger charge is -2.26. The van der Waals surface area contributed by atoms with E-state index in [4.69, 9.17) is 5.73 Å². The van der Waals surface area contributed by atoms with Crippen molar-refractivity contribution in [2.75, 3.05) is 26.2 Å². The van der Waals surface area contributed by atoms with E-state index in [1.807, 2.05) is 31.2 Å². The van der Waals surface area contributed by atoms with E-state index in [1.54, 1.807) is 0 Å². The van der Waals surface area contributed by atoms with E-state index in [2.05, 4.69) is 10.2 Å². The van der Waals surface area contributed by atoms with E-state index >= 15 is 0 Å². The van der Waals surface area contributed by atoms with Gasteiger partial charge in [0.2, 0.25) is 5.91 Å². The van der Waals surface area contributed by atoms with Gasteiger partial charge in [0.05, 0.1) is 0 Å². The summed E-state index contributed by atoms with van der Waals surface area (Å²) in [5, 5.41) is 2.94. The lowest BCUT2D eigenvalue weighted by atomic mass is 10.1. The molecule has 0 spiro atoms. The number of nitrogens with two attached hydrogens (primary N) is 1. The first-order chi connectivity index (χ1) is 9.66. The molecule has 1 aliphatic rings. The van der Waals surface area contributed by atoms with Crippen molar-refractivity contribution in [3.05, 3.63) is 35.4 Å². The first-order valence-electron chi connectivity index (χ1n) is 7.49. The van der Waals surface area contributed by atoms with E-state index in [0.29, 0.717) is 6.54 Å². The molecule has 2 rings (SSSR count). The number of nitrogens with one attached hydrogen (secondary N) is 1. The average molecular weight is 348 g/mol. The molecule has 1 atom stereocenters. The van der Waals surface area contributed by atoms with Crippen LogP contribution in [-0.2, 0) is 4.79 Å². The van der Waals surface area contributed by atoms with Gasteiger partial charge in [-0.1, -0.05) is 36.2 Å². The van der Waals surface area contributed by atoms with Gasteiger partial charge in [0, 0.05) is 13.1 Å². The van der Waals surface area contributed by atoms with Crippen LogP contribution in [0.3, 0.4) is 0 Å². The number of nitrogens with zero attached hydrogens (tertiary/aromatic N) is 1. The summed E-state index contributed by atoms with van der Waals surface area (Å²) in [6, 6.07) is 7.23. The van der Waals surface area contributed by atoms with Gasteiger partial charge >= 0.3 is 0 Å². The molecule has 1 amide bonds. The van der Waals surface area contributed by atoms with Gasteiger partial charge in [-0.2, -0.15) is 0 Å². The Labute approximate surface area is 145 Å². The van der Waals surface area contributed by atoms with Crippen molar-refractivity contribution in [2.24, 2.45) is 5.73 Å². The summed E-state index contributed by atoms with van der Waals surface area (Å²) in [6.07, 6.45) is 3.88. The predicted octanol–water partition coefficient (Wildman–Crippen LogP) is 2.44. The van der Waals surface area contributed by atoms with Crippen molar-refractivity contribution in [3.8, 4) is 0 Å². The topological polar surface area (TPSA) is 58.4 Å². The molecule has 1 unspecified atom stereocenters. The summed E-state index contributed by atoms with van der Waals surface area (Å²) in [6.45, 7) is 5.93. The van der Waals surface area contributed by atoms with Crippen LogP contribution in [0.4, 0.5) is 0 Å². The van der Waals surface area contributed by atoms with E-state index in [9.17, 15) is 4.79 Å². The third-order valence-corrected chi connectivity index (χ3v) is 3.89. The Kier molecular flexibility index (Phi) is 10.4. The maximum absolute atomic E-state index is 12.0. The van der Waals surface area contributed by atoms with Crippen LogP contribution in [0.5, 0.6) is 0 Å². The average Bonchev–Trinajstić information content (AvgIpc) is 2.48. The molecule has 0 radical (unpaired) electrons. The van der Waals surface area contributed by atoms with E-state index < -0.39 is 6.04 Å². The maximum atomic E-state index is 12.0. The third kappa shape index (κ3) is 6.53. The number of benzene rings is 1. The molecule has 6 heteroatoms. The Hall–Kier alpha value is -0.810. The van der Waals surface area contributed by atoms with Gasteiger partial charge in [-0.05, 0) is 38.4 Å². The lowest BCUT2D eigenvalue weighted by molar-refractivity contribution is -0.122. The largest absolute Gasteiger partial charge is 0.353 e. The van der Waals surface area contributed by atoms with Crippen molar-refractivity contribution in [2.45, 2.75) is 32.2 Å². The van der Waals surface area contributed by atoms with Crippen molar-refractivity contribution >= 4 is 30.7 Å². The molecular formula is C16H27Cl2N3O. The molecule has 0 bridgehead atoms. The highest BCUT2D eigenvalue weighted by atomic mass is 35.5. The number of halogens is 2. The fourth-order valence-electron chi connectivity index (χ4n) is 2.56. The van der Waals surface area contributed by atoms with Crippen LogP contribution >= 0.6 is 24.8 Å². The summed E-state index contributed by atoms with van der Waals surface area (Å²) in [5.74, 6) is -0.0918. The summed E-state index contributed by atoms with van der Waals surface area (Å²) >= 11 is 0. The highest BCUT2D eigenvalue weighted by Crippen LogP contribution is 2.11. The van der Waals surface area contributed by atoms with Crippen LogP contribution in [0.15, 0.2) is 24.3 Å². The predicted molar refractivity (Wildman–Crippen MR) is 95.9 cm³/mol. The first-order valence-corrected chi connectivity index (χ1v) is 7.49. The minimum atomic E-state index is -0.572. The van der Waals surface area contributed by atoms with Crippen LogP contribution in [-0.4, -0.2) is 37.0 Å². The third-order valence-electron chi connectivity index (χ3n) is 3.89. The van der Waals surface area contributed by atoms with Crippen molar-refractivity contribution < 1.29 is 4.79 Å². The number of amides is 1. The number of rotatable bonds is 5. The smallest absolute Gasteiger partial charge is 0.241 e. The number of piperidine rings is 1. The quantitative estimate of drug-likeness (QED) is 0.859. The van der Waals surface area contributed by atoms with E-state index in [1.165, 1.54) is 24.8 Å². The molecule has 1 heterocycles. The Morgan fingerprint density at radius 3 is 2.36 bits per heavy atom. The molecule has 22 heavy (non-hydrogen) atoms. The summed E-state index contributed by atoms with van der Waals surface area (Å²) in [4.78, 5) is 14.4. The highest BCUT2D eigenvalue weighted by Gasteiger charge is 2.16. The highest BCUT2D eigenvalue weighted by molar-refractivity contribution is 5.85. The molecule has 1 aliphatic heterocycles. The van der Waals surface area contributed by atoms with Gasteiger partial charge in [0.15, 0.2) is 0 Å². The van der Waals surface area contributed by atoms with E-state index in [-0.39, 0.29) is 30.7 Å². The molecule has 126 valence electrons. The van der Waals surface area contributed by atoms with Gasteiger partial charge in [0.25, 0.3) is 0 Å². The number of carbonyl (C=O) groups is 1. The lowest BCUT2D eigenvalue weighted by Crippen LogP contribution is -2.40. The minimum Gasteiger partial charge on any atom is -0.353 e. The number of aryl methyl sites for hydroxylation is 1. The van der Waals surface area contributed by atoms with Crippen LogP contribution in [0.1, 0.15) is 36.4 Å². The molecule has 4 nitrogen and oxygen atoms in total. The Morgan fingerprint density at radius 1 is 1.18 bits per heavy atom. The molecule has 1 aromatic rings. The van der Waals surface area contributed by atoms with Crippen LogP contribution in [0.2, 0.25) is 0 Å². The summed E-state index contributed by atoms with van der Waals surface area (Å²) in [5.41, 5.74) is 8.02. The molecule has 0 aromatic heterocycles. The van der Waals surface area contributed by atoms with Crippen molar-refractivity contribution in [1.82, 2.24) is 10.2 Å². The molecule has 1 fully saturated rings. The summed E-state index contributed by atoms with van der Waals surface area (Å²) < 4.78 is 0. The fraction of sp³-hybridized carbons (Fsp3) is 0.562. The Balaban J connectivity index is 0.00000220. The van der Waals surface area contributed by atoms with Crippen molar-refractivity contribution in [3.63, 3.8) is 0 Å². The number of hydrogen-bond donors (Lipinski definition) is 2. The molecule has 1 saturated heterocycles. The van der Waals surface area contributed by atoms with Crippen LogP contribution < -0.4 is 11.1 Å².